The zero-order valence-corrected chi connectivity index (χ0v) is 29.3. The molecule has 0 atom stereocenters. The summed E-state index contributed by atoms with van der Waals surface area (Å²) < 4.78 is 11.0. The lowest BCUT2D eigenvalue weighted by Crippen LogP contribution is -2.09. The first-order valence-electron chi connectivity index (χ1n) is 18.4. The molecule has 0 fully saturated rings. The van der Waals surface area contributed by atoms with Crippen LogP contribution in [0.4, 0.5) is 17.1 Å². The van der Waals surface area contributed by atoms with Crippen molar-refractivity contribution in [3.8, 4) is 22.5 Å². The number of rotatable bonds is 6. The molecular weight excluding hydrogens is 659 g/mol. The maximum absolute atomic E-state index is 6.17. The molecule has 3 heterocycles. The second kappa shape index (κ2) is 12.1. The van der Waals surface area contributed by atoms with E-state index in [1.54, 1.807) is 0 Å². The zero-order chi connectivity index (χ0) is 35.6. The zero-order valence-electron chi connectivity index (χ0n) is 29.3. The van der Waals surface area contributed by atoms with Gasteiger partial charge in [0, 0.05) is 55.4 Å². The SMILES string of the molecule is c1ccc(N(c2ccc(-c3ccc4c5c6ccccc6n(-c6ccccc6)c5n(-c5ccccc5)c4c3)cc2)c2ccc3oc4ccccc4c3c2)cc1. The molecule has 3 aromatic heterocycles. The third-order valence-electron chi connectivity index (χ3n) is 10.7. The van der Waals surface area contributed by atoms with E-state index < -0.39 is 0 Å². The van der Waals surface area contributed by atoms with Crippen molar-refractivity contribution in [1.82, 2.24) is 9.13 Å². The fourth-order valence-electron chi connectivity index (χ4n) is 8.28. The third-order valence-corrected chi connectivity index (χ3v) is 10.7. The summed E-state index contributed by atoms with van der Waals surface area (Å²) in [5.74, 6) is 0. The Bertz CT molecular complexity index is 3140. The van der Waals surface area contributed by atoms with Gasteiger partial charge in [-0.2, -0.15) is 0 Å². The Morgan fingerprint density at radius 3 is 1.63 bits per heavy atom. The minimum Gasteiger partial charge on any atom is -0.456 e. The fourth-order valence-corrected chi connectivity index (χ4v) is 8.28. The van der Waals surface area contributed by atoms with Gasteiger partial charge in [0.25, 0.3) is 0 Å². The van der Waals surface area contributed by atoms with E-state index in [1.807, 2.05) is 12.1 Å². The van der Waals surface area contributed by atoms with Crippen LogP contribution in [0, 0.1) is 0 Å². The first-order chi connectivity index (χ1) is 26.8. The molecule has 0 N–H and O–H groups in total. The summed E-state index contributed by atoms with van der Waals surface area (Å²) in [4.78, 5) is 2.31. The molecule has 0 bridgehead atoms. The van der Waals surface area contributed by atoms with Crippen LogP contribution in [0.25, 0.3) is 77.3 Å². The first-order valence-corrected chi connectivity index (χ1v) is 18.4. The van der Waals surface area contributed by atoms with E-state index in [9.17, 15) is 0 Å². The van der Waals surface area contributed by atoms with Crippen molar-refractivity contribution >= 4 is 71.8 Å². The lowest BCUT2D eigenvalue weighted by molar-refractivity contribution is 0.669. The molecule has 4 heteroatoms. The summed E-state index contributed by atoms with van der Waals surface area (Å²) in [7, 11) is 0. The largest absolute Gasteiger partial charge is 0.456 e. The monoisotopic (exact) mass is 691 g/mol. The van der Waals surface area contributed by atoms with Crippen molar-refractivity contribution in [3.05, 3.63) is 200 Å². The molecule has 0 amide bonds. The second-order valence-electron chi connectivity index (χ2n) is 13.8. The number of nitrogens with zero attached hydrogens (tertiary/aromatic N) is 3. The van der Waals surface area contributed by atoms with E-state index in [0.717, 1.165) is 61.6 Å². The van der Waals surface area contributed by atoms with Crippen LogP contribution in [0.2, 0.25) is 0 Å². The number of fused-ring (bicyclic) bond motifs is 8. The van der Waals surface area contributed by atoms with Gasteiger partial charge in [-0.1, -0.05) is 115 Å². The van der Waals surface area contributed by atoms with Crippen molar-refractivity contribution in [2.75, 3.05) is 4.90 Å². The smallest absolute Gasteiger partial charge is 0.135 e. The number of hydrogen-bond donors (Lipinski definition) is 0. The van der Waals surface area contributed by atoms with E-state index in [1.165, 1.54) is 32.8 Å². The van der Waals surface area contributed by atoms with Gasteiger partial charge in [-0.3, -0.25) is 9.13 Å². The summed E-state index contributed by atoms with van der Waals surface area (Å²) in [5, 5.41) is 5.97. The first kappa shape index (κ1) is 30.3. The molecule has 0 saturated heterocycles. The van der Waals surface area contributed by atoms with Crippen LogP contribution in [0.15, 0.2) is 205 Å². The van der Waals surface area contributed by atoms with E-state index in [4.69, 9.17) is 4.42 Å². The Hall–Kier alpha value is -7.30. The second-order valence-corrected chi connectivity index (χ2v) is 13.8. The highest BCUT2D eigenvalue weighted by Crippen LogP contribution is 2.43. The Balaban J connectivity index is 1.08. The Kier molecular flexibility index (Phi) is 6.82. The molecule has 0 aliphatic heterocycles. The minimum atomic E-state index is 0.889. The average molecular weight is 692 g/mol. The molecular formula is C50H33N3O. The van der Waals surface area contributed by atoms with Crippen molar-refractivity contribution in [2.24, 2.45) is 0 Å². The molecule has 54 heavy (non-hydrogen) atoms. The number of benzene rings is 8. The van der Waals surface area contributed by atoms with Gasteiger partial charge in [-0.15, -0.1) is 0 Å². The van der Waals surface area contributed by atoms with Crippen molar-refractivity contribution in [2.45, 2.75) is 0 Å². The normalized spacial score (nSPS) is 11.7. The van der Waals surface area contributed by atoms with Crippen LogP contribution in [0.5, 0.6) is 0 Å². The molecule has 0 saturated carbocycles. The van der Waals surface area contributed by atoms with Crippen LogP contribution in [0.1, 0.15) is 0 Å². The van der Waals surface area contributed by atoms with Crippen molar-refractivity contribution < 1.29 is 4.42 Å². The third kappa shape index (κ3) is 4.70. The highest BCUT2D eigenvalue weighted by molar-refractivity contribution is 6.22. The number of aromatic nitrogens is 2. The van der Waals surface area contributed by atoms with E-state index in [2.05, 4.69) is 202 Å². The molecule has 0 unspecified atom stereocenters. The van der Waals surface area contributed by atoms with Crippen LogP contribution in [-0.2, 0) is 0 Å². The predicted molar refractivity (Wildman–Crippen MR) is 225 cm³/mol. The topological polar surface area (TPSA) is 26.2 Å². The molecule has 254 valence electrons. The average Bonchev–Trinajstić information content (AvgIpc) is 3.89. The number of anilines is 3. The molecule has 0 aliphatic rings. The maximum Gasteiger partial charge on any atom is 0.135 e. The van der Waals surface area contributed by atoms with Gasteiger partial charge in [-0.05, 0) is 96.1 Å². The van der Waals surface area contributed by atoms with Gasteiger partial charge in [0.15, 0.2) is 0 Å². The molecule has 0 aliphatic carbocycles. The van der Waals surface area contributed by atoms with Gasteiger partial charge in [0.2, 0.25) is 0 Å². The molecule has 4 nitrogen and oxygen atoms in total. The Morgan fingerprint density at radius 1 is 0.352 bits per heavy atom. The van der Waals surface area contributed by atoms with Crippen LogP contribution >= 0.6 is 0 Å². The predicted octanol–water partition coefficient (Wildman–Crippen LogP) is 13.8. The van der Waals surface area contributed by atoms with Crippen LogP contribution < -0.4 is 4.90 Å². The summed E-state index contributed by atoms with van der Waals surface area (Å²) in [6.45, 7) is 0. The van der Waals surface area contributed by atoms with Crippen molar-refractivity contribution in [3.63, 3.8) is 0 Å². The summed E-state index contributed by atoms with van der Waals surface area (Å²) in [6.07, 6.45) is 0. The molecule has 8 aromatic carbocycles. The summed E-state index contributed by atoms with van der Waals surface area (Å²) >= 11 is 0. The fraction of sp³-hybridized carbons (Fsp3) is 0. The summed E-state index contributed by atoms with van der Waals surface area (Å²) in [6, 6.07) is 71.4. The van der Waals surface area contributed by atoms with Gasteiger partial charge in [0.05, 0.1) is 11.0 Å². The molecule has 11 rings (SSSR count). The van der Waals surface area contributed by atoms with Crippen LogP contribution in [0.3, 0.4) is 0 Å². The van der Waals surface area contributed by atoms with Crippen molar-refractivity contribution in [1.29, 1.82) is 0 Å². The highest BCUT2D eigenvalue weighted by Gasteiger charge is 2.22. The molecule has 0 radical (unpaired) electrons. The van der Waals surface area contributed by atoms with E-state index in [-0.39, 0.29) is 0 Å². The van der Waals surface area contributed by atoms with Crippen LogP contribution in [-0.4, -0.2) is 9.13 Å². The minimum absolute atomic E-state index is 0.889. The number of hydrogen-bond acceptors (Lipinski definition) is 2. The maximum atomic E-state index is 6.17. The molecule has 0 spiro atoms. The van der Waals surface area contributed by atoms with Gasteiger partial charge in [-0.25, -0.2) is 0 Å². The summed E-state index contributed by atoms with van der Waals surface area (Å²) in [5.41, 5.74) is 13.2. The molecule has 11 aromatic rings. The van der Waals surface area contributed by atoms with Gasteiger partial charge in [0.1, 0.15) is 16.8 Å². The highest BCUT2D eigenvalue weighted by atomic mass is 16.3. The standard InChI is InChI=1S/C50H33N3O/c1-4-14-36(15-5-1)51(40-29-31-48-44(33-40)41-20-11-13-23-47(41)54-48)39-27-24-34(25-28-39)35-26-30-43-46(32-35)53(38-18-8-3-9-19-38)50-49(43)42-21-10-12-22-45(42)52(50)37-16-6-2-7-17-37/h1-33H. The Morgan fingerprint density at radius 2 is 0.889 bits per heavy atom. The van der Waals surface area contributed by atoms with E-state index in [0.29, 0.717) is 0 Å². The van der Waals surface area contributed by atoms with Gasteiger partial charge >= 0.3 is 0 Å². The lowest BCUT2D eigenvalue weighted by Gasteiger charge is -2.25. The quantitative estimate of drug-likeness (QED) is 0.173. The number of para-hydroxylation sites is 5. The van der Waals surface area contributed by atoms with Gasteiger partial charge < -0.3 is 9.32 Å². The Labute approximate surface area is 312 Å². The number of furan rings is 1. The van der Waals surface area contributed by atoms with E-state index >= 15 is 0 Å². The lowest BCUT2D eigenvalue weighted by atomic mass is 10.0.